The Morgan fingerprint density at radius 2 is 2.00 bits per heavy atom. The fourth-order valence-corrected chi connectivity index (χ4v) is 3.54. The van der Waals surface area contributed by atoms with Gasteiger partial charge in [0.15, 0.2) is 0 Å². The van der Waals surface area contributed by atoms with Crippen LogP contribution in [0.2, 0.25) is 5.02 Å². The maximum absolute atomic E-state index is 6.24. The smallest absolute Gasteiger partial charge is 0.0910 e. The minimum atomic E-state index is 0.773. The van der Waals surface area contributed by atoms with Crippen LogP contribution < -0.4 is 0 Å². The lowest BCUT2D eigenvalue weighted by Crippen LogP contribution is -2.14. The molecular weight excluding hydrogens is 380 g/mol. The molecule has 0 saturated carbocycles. The Hall–Kier alpha value is -0.970. The van der Waals surface area contributed by atoms with Gasteiger partial charge in [-0.2, -0.15) is 0 Å². The van der Waals surface area contributed by atoms with Gasteiger partial charge in [-0.15, -0.1) is 0 Å². The van der Waals surface area contributed by atoms with Gasteiger partial charge in [-0.25, -0.2) is 4.99 Å². The summed E-state index contributed by atoms with van der Waals surface area (Å²) in [5.74, 6) is 0. The molecule has 0 spiro atoms. The molecule has 2 rings (SSSR count). The summed E-state index contributed by atoms with van der Waals surface area (Å²) in [6.07, 6.45) is 1.85. The van der Waals surface area contributed by atoms with E-state index < -0.39 is 0 Å². The molecule has 0 aliphatic heterocycles. The molecule has 0 saturated heterocycles. The summed E-state index contributed by atoms with van der Waals surface area (Å²) in [4.78, 5) is 8.78. The van der Waals surface area contributed by atoms with Crippen molar-refractivity contribution in [2.24, 2.45) is 4.99 Å². The third-order valence-electron chi connectivity index (χ3n) is 3.19. The molecule has 0 radical (unpaired) electrons. The van der Waals surface area contributed by atoms with Crippen LogP contribution in [0.3, 0.4) is 0 Å². The molecule has 2 aromatic rings. The largest absolute Gasteiger partial charge is 0.366 e. The minimum absolute atomic E-state index is 0.773. The van der Waals surface area contributed by atoms with E-state index in [0.717, 1.165) is 26.6 Å². The van der Waals surface area contributed by atoms with Gasteiger partial charge in [-0.05, 0) is 59.6 Å². The molecule has 22 heavy (non-hydrogen) atoms. The first-order valence-corrected chi connectivity index (χ1v) is 8.97. The van der Waals surface area contributed by atoms with E-state index in [4.69, 9.17) is 11.6 Å². The zero-order valence-corrected chi connectivity index (χ0v) is 16.0. The van der Waals surface area contributed by atoms with Crippen molar-refractivity contribution in [2.45, 2.75) is 23.6 Å². The second-order valence-corrected chi connectivity index (χ2v) is 7.26. The van der Waals surface area contributed by atoms with Crippen LogP contribution in [0.25, 0.3) is 0 Å². The number of benzene rings is 2. The Bertz CT molecular complexity index is 688. The van der Waals surface area contributed by atoms with Crippen molar-refractivity contribution in [2.75, 3.05) is 13.6 Å². The van der Waals surface area contributed by atoms with Crippen molar-refractivity contribution < 1.29 is 0 Å². The highest BCUT2D eigenvalue weighted by Gasteiger charge is 2.08. The Balaban J connectivity index is 2.27. The van der Waals surface area contributed by atoms with Gasteiger partial charge in [0.05, 0.1) is 17.0 Å². The Morgan fingerprint density at radius 1 is 1.27 bits per heavy atom. The Morgan fingerprint density at radius 3 is 2.68 bits per heavy atom. The molecule has 0 unspecified atom stereocenters. The highest BCUT2D eigenvalue weighted by atomic mass is 79.9. The molecule has 0 aliphatic rings. The van der Waals surface area contributed by atoms with Crippen LogP contribution in [0, 0.1) is 6.92 Å². The number of aryl methyl sites for hydroxylation is 1. The third-order valence-corrected chi connectivity index (χ3v) is 5.51. The fraction of sp³-hybridized carbons (Fsp3) is 0.235. The molecule has 2 nitrogen and oxygen atoms in total. The highest BCUT2D eigenvalue weighted by Crippen LogP contribution is 2.39. The Kier molecular flexibility index (Phi) is 6.36. The van der Waals surface area contributed by atoms with Gasteiger partial charge in [-0.3, -0.25) is 0 Å². The maximum Gasteiger partial charge on any atom is 0.0910 e. The normalized spacial score (nSPS) is 11.1. The second kappa shape index (κ2) is 8.04. The predicted molar refractivity (Wildman–Crippen MR) is 101 cm³/mol. The standard InChI is InChI=1S/C17H18BrClN2S/c1-4-21(3)11-20-15-9-12(2)17(10-13(15)18)22-16-8-6-5-7-14(16)19/h5-11H,4H2,1-3H3. The van der Waals surface area contributed by atoms with Crippen LogP contribution in [0.5, 0.6) is 0 Å². The van der Waals surface area contributed by atoms with E-state index in [0.29, 0.717) is 0 Å². The molecule has 0 N–H and O–H groups in total. The monoisotopic (exact) mass is 396 g/mol. The summed E-state index contributed by atoms with van der Waals surface area (Å²) >= 11 is 11.5. The van der Waals surface area contributed by atoms with Crippen molar-refractivity contribution in [1.82, 2.24) is 4.90 Å². The molecule has 5 heteroatoms. The fourth-order valence-electron chi connectivity index (χ4n) is 1.75. The number of hydrogen-bond donors (Lipinski definition) is 0. The van der Waals surface area contributed by atoms with Crippen LogP contribution in [0.15, 0.2) is 55.7 Å². The molecule has 2 aromatic carbocycles. The highest BCUT2D eigenvalue weighted by molar-refractivity contribution is 9.10. The third kappa shape index (κ3) is 4.51. The summed E-state index contributed by atoms with van der Waals surface area (Å²) in [6, 6.07) is 12.1. The van der Waals surface area contributed by atoms with Crippen LogP contribution in [0.4, 0.5) is 5.69 Å². The van der Waals surface area contributed by atoms with Crippen LogP contribution >= 0.6 is 39.3 Å². The van der Waals surface area contributed by atoms with E-state index in [9.17, 15) is 0 Å². The van der Waals surface area contributed by atoms with Gasteiger partial charge in [0.1, 0.15) is 0 Å². The van der Waals surface area contributed by atoms with Crippen molar-refractivity contribution in [3.05, 3.63) is 51.5 Å². The SMILES string of the molecule is CCN(C)C=Nc1cc(C)c(Sc2ccccc2Cl)cc1Br. The van der Waals surface area contributed by atoms with Gasteiger partial charge < -0.3 is 4.90 Å². The molecule has 0 aliphatic carbocycles. The first-order valence-electron chi connectivity index (χ1n) is 6.98. The van der Waals surface area contributed by atoms with E-state index in [1.807, 2.05) is 42.6 Å². The Labute approximate surface area is 149 Å². The second-order valence-electron chi connectivity index (χ2n) is 4.92. The number of aliphatic imine (C=N–C) groups is 1. The van der Waals surface area contributed by atoms with E-state index in [-0.39, 0.29) is 0 Å². The predicted octanol–water partition coefficient (Wildman–Crippen LogP) is 6.17. The van der Waals surface area contributed by atoms with Gasteiger partial charge in [-0.1, -0.05) is 35.5 Å². The number of hydrogen-bond acceptors (Lipinski definition) is 2. The zero-order valence-electron chi connectivity index (χ0n) is 12.8. The minimum Gasteiger partial charge on any atom is -0.366 e. The summed E-state index contributed by atoms with van der Waals surface area (Å²) < 4.78 is 0.980. The first-order chi connectivity index (χ1) is 10.5. The number of rotatable bonds is 5. The molecule has 0 fully saturated rings. The molecule has 116 valence electrons. The summed E-state index contributed by atoms with van der Waals surface area (Å²) in [6.45, 7) is 5.12. The van der Waals surface area contributed by atoms with Gasteiger partial charge in [0, 0.05) is 27.9 Å². The van der Waals surface area contributed by atoms with Gasteiger partial charge >= 0.3 is 0 Å². The summed E-state index contributed by atoms with van der Waals surface area (Å²) in [5, 5.41) is 0.773. The molecule has 0 amide bonds. The van der Waals surface area contributed by atoms with Crippen LogP contribution in [0.1, 0.15) is 12.5 Å². The first kappa shape index (κ1) is 17.4. The quantitative estimate of drug-likeness (QED) is 0.442. The zero-order chi connectivity index (χ0) is 16.1. The number of nitrogens with zero attached hydrogens (tertiary/aromatic N) is 2. The summed E-state index contributed by atoms with van der Waals surface area (Å²) in [7, 11) is 2.01. The molecular formula is C17H18BrClN2S. The molecule has 0 heterocycles. The van der Waals surface area contributed by atoms with Crippen LogP contribution in [-0.2, 0) is 0 Å². The molecule has 0 bridgehead atoms. The average Bonchev–Trinajstić information content (AvgIpc) is 2.51. The lowest BCUT2D eigenvalue weighted by molar-refractivity contribution is 0.552. The lowest BCUT2D eigenvalue weighted by atomic mass is 10.2. The van der Waals surface area contributed by atoms with Gasteiger partial charge in [0.25, 0.3) is 0 Å². The van der Waals surface area contributed by atoms with Crippen molar-refractivity contribution in [3.63, 3.8) is 0 Å². The maximum atomic E-state index is 6.24. The van der Waals surface area contributed by atoms with E-state index in [2.05, 4.69) is 46.9 Å². The molecule has 0 atom stereocenters. The summed E-state index contributed by atoms with van der Waals surface area (Å²) in [5.41, 5.74) is 2.11. The topological polar surface area (TPSA) is 15.6 Å². The van der Waals surface area contributed by atoms with Crippen LogP contribution in [-0.4, -0.2) is 24.8 Å². The average molecular weight is 398 g/mol. The van der Waals surface area contributed by atoms with Gasteiger partial charge in [0.2, 0.25) is 0 Å². The van der Waals surface area contributed by atoms with Crippen molar-refractivity contribution in [3.8, 4) is 0 Å². The van der Waals surface area contributed by atoms with E-state index in [1.165, 1.54) is 10.5 Å². The molecule has 0 aromatic heterocycles. The lowest BCUT2D eigenvalue weighted by Gasteiger charge is -2.11. The van der Waals surface area contributed by atoms with Crippen molar-refractivity contribution >= 4 is 51.3 Å². The van der Waals surface area contributed by atoms with E-state index in [1.54, 1.807) is 11.8 Å². The number of halogens is 2. The van der Waals surface area contributed by atoms with Crippen molar-refractivity contribution in [1.29, 1.82) is 0 Å². The van der Waals surface area contributed by atoms with E-state index >= 15 is 0 Å².